The Bertz CT molecular complexity index is 765. The topological polar surface area (TPSA) is 110 Å². The normalized spacial score (nSPS) is 12.3. The molecule has 1 aromatic carbocycles. The van der Waals surface area contributed by atoms with E-state index < -0.39 is 11.9 Å². The van der Waals surface area contributed by atoms with Gasteiger partial charge < -0.3 is 20.7 Å². The lowest BCUT2D eigenvalue weighted by Crippen LogP contribution is -2.14. The molecule has 0 bridgehead atoms. The summed E-state index contributed by atoms with van der Waals surface area (Å²) in [7, 11) is 1.42. The number of ether oxygens (including phenoxy) is 1. The maximum atomic E-state index is 12.3. The van der Waals surface area contributed by atoms with E-state index in [2.05, 4.69) is 0 Å². The predicted molar refractivity (Wildman–Crippen MR) is 84.9 cm³/mol. The molecule has 0 saturated carbocycles. The van der Waals surface area contributed by atoms with Crippen LogP contribution in [-0.4, -0.2) is 29.1 Å². The first-order valence-corrected chi connectivity index (χ1v) is 7.44. The third-order valence-corrected chi connectivity index (χ3v) is 4.86. The maximum Gasteiger partial charge on any atom is 0.306 e. The summed E-state index contributed by atoms with van der Waals surface area (Å²) in [6, 6.07) is 1.62. The fourth-order valence-corrected chi connectivity index (χ4v) is 3.49. The van der Waals surface area contributed by atoms with Crippen LogP contribution in [0.4, 0.5) is 5.69 Å². The molecule has 0 radical (unpaired) electrons. The molecule has 1 heterocycles. The highest BCUT2D eigenvalue weighted by atomic mass is 32.1. The van der Waals surface area contributed by atoms with E-state index in [0.717, 1.165) is 4.70 Å². The molecule has 118 valence electrons. The van der Waals surface area contributed by atoms with Crippen LogP contribution >= 0.6 is 11.3 Å². The Morgan fingerprint density at radius 1 is 1.45 bits per heavy atom. The van der Waals surface area contributed by atoms with Crippen LogP contribution in [0.2, 0.25) is 0 Å². The van der Waals surface area contributed by atoms with Gasteiger partial charge in [-0.05, 0) is 12.5 Å². The molecule has 6 nitrogen and oxygen atoms in total. The number of ketones is 1. The molecule has 0 aliphatic carbocycles. The standard InChI is InChI=1S/C15H17NO5S/c1-6(15(19)20)4-8(17)14-7(2)11-10(22-14)5-9(21-3)13(18)12(11)16/h5-6,18H,4,16H2,1-3H3,(H,19,20). The number of methoxy groups -OCH3 is 1. The summed E-state index contributed by atoms with van der Waals surface area (Å²) in [4.78, 5) is 23.7. The van der Waals surface area contributed by atoms with Crippen molar-refractivity contribution in [2.45, 2.75) is 20.3 Å². The van der Waals surface area contributed by atoms with Crippen LogP contribution in [-0.2, 0) is 4.79 Å². The number of Topliss-reactive ketones (excluding diaryl/α,β-unsaturated/α-hetero) is 1. The van der Waals surface area contributed by atoms with Crippen LogP contribution < -0.4 is 10.5 Å². The number of carboxylic acids is 1. The van der Waals surface area contributed by atoms with Gasteiger partial charge in [0.25, 0.3) is 0 Å². The number of benzene rings is 1. The van der Waals surface area contributed by atoms with Gasteiger partial charge in [0.2, 0.25) is 0 Å². The number of carboxylic acid groups (broad SMARTS) is 1. The van der Waals surface area contributed by atoms with Crippen LogP contribution in [0.25, 0.3) is 10.1 Å². The molecular weight excluding hydrogens is 306 g/mol. The fraction of sp³-hybridized carbons (Fsp3) is 0.333. The quantitative estimate of drug-likeness (QED) is 0.443. The second-order valence-corrected chi connectivity index (χ2v) is 6.19. The minimum absolute atomic E-state index is 0.0774. The summed E-state index contributed by atoms with van der Waals surface area (Å²) >= 11 is 1.22. The minimum atomic E-state index is -1.01. The Morgan fingerprint density at radius 2 is 2.09 bits per heavy atom. The number of carbonyl (C=O) groups is 2. The van der Waals surface area contributed by atoms with Crippen LogP contribution in [0.3, 0.4) is 0 Å². The van der Waals surface area contributed by atoms with Crippen molar-refractivity contribution in [3.8, 4) is 11.5 Å². The van der Waals surface area contributed by atoms with E-state index >= 15 is 0 Å². The number of hydrogen-bond acceptors (Lipinski definition) is 6. The smallest absolute Gasteiger partial charge is 0.306 e. The second-order valence-electron chi connectivity index (χ2n) is 5.14. The summed E-state index contributed by atoms with van der Waals surface area (Å²) in [6.45, 7) is 3.23. The van der Waals surface area contributed by atoms with E-state index in [1.54, 1.807) is 13.0 Å². The van der Waals surface area contributed by atoms with Crippen LogP contribution in [0.5, 0.6) is 11.5 Å². The highest BCUT2D eigenvalue weighted by Gasteiger charge is 2.23. The molecular formula is C15H17NO5S. The molecule has 1 unspecified atom stereocenters. The summed E-state index contributed by atoms with van der Waals surface area (Å²) < 4.78 is 5.77. The highest BCUT2D eigenvalue weighted by molar-refractivity contribution is 7.21. The zero-order valence-corrected chi connectivity index (χ0v) is 13.3. The molecule has 0 aliphatic rings. The molecule has 2 aromatic rings. The number of nitrogens with two attached hydrogens (primary N) is 1. The number of phenolic OH excluding ortho intramolecular Hbond substituents is 1. The number of rotatable bonds is 5. The number of hydrogen-bond donors (Lipinski definition) is 3. The third-order valence-electron chi connectivity index (χ3n) is 3.58. The van der Waals surface area contributed by atoms with Crippen LogP contribution in [0, 0.1) is 12.8 Å². The number of aliphatic carboxylic acids is 1. The number of phenols is 1. The van der Waals surface area contributed by atoms with Gasteiger partial charge in [-0.1, -0.05) is 6.92 Å². The average Bonchev–Trinajstić information content (AvgIpc) is 2.79. The lowest BCUT2D eigenvalue weighted by molar-refractivity contribution is -0.141. The lowest BCUT2D eigenvalue weighted by atomic mass is 10.0. The molecule has 0 amide bonds. The molecule has 0 aliphatic heterocycles. The van der Waals surface area contributed by atoms with Gasteiger partial charge in [-0.2, -0.15) is 0 Å². The van der Waals surface area contributed by atoms with Crippen molar-refractivity contribution in [2.24, 2.45) is 5.92 Å². The fourth-order valence-electron chi connectivity index (χ4n) is 2.29. The summed E-state index contributed by atoms with van der Waals surface area (Å²) in [5.74, 6) is -1.92. The molecule has 4 N–H and O–H groups in total. The third kappa shape index (κ3) is 2.59. The average molecular weight is 323 g/mol. The Labute approximate surface area is 131 Å². The Morgan fingerprint density at radius 3 is 2.64 bits per heavy atom. The number of aromatic hydroxyl groups is 1. The Hall–Kier alpha value is -2.28. The number of thiophene rings is 1. The monoisotopic (exact) mass is 323 g/mol. The molecule has 1 atom stereocenters. The van der Waals surface area contributed by atoms with Crippen molar-refractivity contribution in [3.05, 3.63) is 16.5 Å². The van der Waals surface area contributed by atoms with Crippen molar-refractivity contribution in [1.82, 2.24) is 0 Å². The van der Waals surface area contributed by atoms with Crippen molar-refractivity contribution < 1.29 is 24.5 Å². The zero-order chi connectivity index (χ0) is 16.6. The molecule has 7 heteroatoms. The molecule has 1 aromatic heterocycles. The van der Waals surface area contributed by atoms with E-state index in [4.69, 9.17) is 15.6 Å². The van der Waals surface area contributed by atoms with E-state index in [9.17, 15) is 14.7 Å². The van der Waals surface area contributed by atoms with Gasteiger partial charge in [0.1, 0.15) is 0 Å². The molecule has 0 spiro atoms. The second kappa shape index (κ2) is 5.84. The molecule has 2 rings (SSSR count). The Kier molecular flexibility index (Phi) is 4.27. The molecule has 22 heavy (non-hydrogen) atoms. The first-order chi connectivity index (χ1) is 10.3. The van der Waals surface area contributed by atoms with Crippen molar-refractivity contribution >= 4 is 38.9 Å². The molecule has 0 fully saturated rings. The van der Waals surface area contributed by atoms with E-state index in [-0.39, 0.29) is 29.4 Å². The highest BCUT2D eigenvalue weighted by Crippen LogP contribution is 2.44. The van der Waals surface area contributed by atoms with Gasteiger partial charge >= 0.3 is 5.97 Å². The summed E-state index contributed by atoms with van der Waals surface area (Å²) in [5, 5.41) is 19.5. The Balaban J connectivity index is 2.53. The van der Waals surface area contributed by atoms with Crippen LogP contribution in [0.1, 0.15) is 28.6 Å². The largest absolute Gasteiger partial charge is 0.503 e. The summed E-state index contributed by atoms with van der Waals surface area (Å²) in [5.41, 5.74) is 6.74. The van der Waals surface area contributed by atoms with Gasteiger partial charge in [0, 0.05) is 22.6 Å². The number of anilines is 1. The van der Waals surface area contributed by atoms with E-state index in [1.165, 1.54) is 25.4 Å². The van der Waals surface area contributed by atoms with Gasteiger partial charge in [0.15, 0.2) is 17.3 Å². The van der Waals surface area contributed by atoms with Crippen molar-refractivity contribution in [1.29, 1.82) is 0 Å². The van der Waals surface area contributed by atoms with Gasteiger partial charge in [-0.3, -0.25) is 9.59 Å². The first kappa shape index (κ1) is 16.1. The van der Waals surface area contributed by atoms with Gasteiger partial charge in [-0.25, -0.2) is 0 Å². The number of fused-ring (bicyclic) bond motifs is 1. The van der Waals surface area contributed by atoms with E-state index in [1.807, 2.05) is 0 Å². The minimum Gasteiger partial charge on any atom is -0.503 e. The number of nitrogen functional groups attached to an aromatic ring is 1. The number of carbonyl (C=O) groups excluding carboxylic acids is 1. The van der Waals surface area contributed by atoms with Gasteiger partial charge in [0.05, 0.1) is 23.6 Å². The van der Waals surface area contributed by atoms with Gasteiger partial charge in [-0.15, -0.1) is 11.3 Å². The maximum absolute atomic E-state index is 12.3. The zero-order valence-electron chi connectivity index (χ0n) is 12.5. The number of aryl methyl sites for hydroxylation is 1. The lowest BCUT2D eigenvalue weighted by Gasteiger charge is -2.07. The van der Waals surface area contributed by atoms with Crippen molar-refractivity contribution in [3.63, 3.8) is 0 Å². The molecule has 0 saturated heterocycles. The van der Waals surface area contributed by atoms with Crippen molar-refractivity contribution in [2.75, 3.05) is 12.8 Å². The summed E-state index contributed by atoms with van der Waals surface area (Å²) in [6.07, 6.45) is -0.0774. The first-order valence-electron chi connectivity index (χ1n) is 6.62. The predicted octanol–water partition coefficient (Wildman–Crippen LogP) is 2.80. The van der Waals surface area contributed by atoms with E-state index in [0.29, 0.717) is 15.8 Å². The van der Waals surface area contributed by atoms with Crippen LogP contribution in [0.15, 0.2) is 6.07 Å². The SMILES string of the molecule is COc1cc2sc(C(=O)CC(C)C(=O)O)c(C)c2c(N)c1O.